The summed E-state index contributed by atoms with van der Waals surface area (Å²) in [6.45, 7) is -0.229. The highest BCUT2D eigenvalue weighted by Gasteiger charge is 2.20. The average molecular weight is 285 g/mol. The van der Waals surface area contributed by atoms with Crippen LogP contribution in [0.3, 0.4) is 0 Å². The van der Waals surface area contributed by atoms with Gasteiger partial charge < -0.3 is 21.1 Å². The highest BCUT2D eigenvalue weighted by Crippen LogP contribution is 1.98. The Labute approximate surface area is 110 Å². The summed E-state index contributed by atoms with van der Waals surface area (Å²) >= 11 is 0. The number of imidazole rings is 1. The van der Waals surface area contributed by atoms with E-state index >= 15 is 0 Å². The minimum Gasteiger partial charge on any atom is -0.480 e. The molecule has 0 aromatic carbocycles. The minimum absolute atomic E-state index is 0. The second-order valence-corrected chi connectivity index (χ2v) is 2.94. The summed E-state index contributed by atoms with van der Waals surface area (Å²) in [7, 11) is 0. The number of carboxylic acids is 1. The van der Waals surface area contributed by atoms with Crippen molar-refractivity contribution in [2.75, 3.05) is 6.54 Å². The summed E-state index contributed by atoms with van der Waals surface area (Å²) in [5.41, 5.74) is 5.71. The summed E-state index contributed by atoms with van der Waals surface area (Å²) in [4.78, 5) is 28.2. The van der Waals surface area contributed by atoms with Crippen molar-refractivity contribution in [3.05, 3.63) is 18.2 Å². The number of nitrogens with zero attached hydrogens (tertiary/aromatic N) is 1. The van der Waals surface area contributed by atoms with Gasteiger partial charge in [0.25, 0.3) is 0 Å². The summed E-state index contributed by atoms with van der Waals surface area (Å²) in [5.74, 6) is -1.60. The van der Waals surface area contributed by atoms with E-state index in [0.29, 0.717) is 5.69 Å². The van der Waals surface area contributed by atoms with E-state index in [4.69, 9.17) is 10.8 Å². The number of rotatable bonds is 5. The van der Waals surface area contributed by atoms with Crippen LogP contribution in [0, 0.1) is 0 Å². The number of amides is 1. The van der Waals surface area contributed by atoms with Crippen LogP contribution in [0.1, 0.15) is 5.69 Å². The van der Waals surface area contributed by atoms with E-state index < -0.39 is 17.9 Å². The fourth-order valence-electron chi connectivity index (χ4n) is 1.07. The van der Waals surface area contributed by atoms with Gasteiger partial charge in [0.1, 0.15) is 6.04 Å². The topological polar surface area (TPSA) is 121 Å². The zero-order valence-corrected chi connectivity index (χ0v) is 10.4. The molecule has 0 spiro atoms. The molecule has 1 aromatic heterocycles. The first-order valence-corrected chi connectivity index (χ1v) is 4.33. The Morgan fingerprint density at radius 1 is 1.53 bits per heavy atom. The fraction of sp³-hybridized carbons (Fsp3) is 0.375. The van der Waals surface area contributed by atoms with Crippen molar-refractivity contribution < 1.29 is 14.7 Å². The monoisotopic (exact) mass is 284 g/mol. The molecular formula is C8H14Cl2N4O3. The van der Waals surface area contributed by atoms with Crippen molar-refractivity contribution in [1.29, 1.82) is 0 Å². The van der Waals surface area contributed by atoms with E-state index in [0.717, 1.165) is 0 Å². The SMILES string of the molecule is Cl.Cl.NCC(=O)N[C@@H](Cc1cnc[nH]1)C(=O)O. The summed E-state index contributed by atoms with van der Waals surface area (Å²) in [6, 6.07) is -0.985. The van der Waals surface area contributed by atoms with Gasteiger partial charge in [-0.2, -0.15) is 0 Å². The van der Waals surface area contributed by atoms with Crippen molar-refractivity contribution >= 4 is 36.7 Å². The average Bonchev–Trinajstić information content (AvgIpc) is 2.69. The number of carboxylic acid groups (broad SMARTS) is 1. The van der Waals surface area contributed by atoms with Gasteiger partial charge in [0.15, 0.2) is 0 Å². The third-order valence-electron chi connectivity index (χ3n) is 1.80. The standard InChI is InChI=1S/C8H12N4O3.2ClH/c9-2-7(13)12-6(8(14)15)1-5-3-10-4-11-5;;/h3-4,6H,1-2,9H2,(H,10,11)(H,12,13)(H,14,15);2*1H/t6-;;/m0../s1. The Morgan fingerprint density at radius 3 is 2.59 bits per heavy atom. The van der Waals surface area contributed by atoms with Crippen LogP contribution in [0.2, 0.25) is 0 Å². The highest BCUT2D eigenvalue weighted by molar-refractivity contribution is 5.85. The van der Waals surface area contributed by atoms with E-state index in [9.17, 15) is 9.59 Å². The molecule has 1 amide bonds. The molecule has 17 heavy (non-hydrogen) atoms. The van der Waals surface area contributed by atoms with Crippen LogP contribution >= 0.6 is 24.8 Å². The fourth-order valence-corrected chi connectivity index (χ4v) is 1.07. The molecule has 0 bridgehead atoms. The molecule has 1 atom stereocenters. The molecule has 0 aliphatic heterocycles. The maximum atomic E-state index is 10.9. The molecule has 1 aromatic rings. The van der Waals surface area contributed by atoms with Gasteiger partial charge in [0.2, 0.25) is 5.91 Å². The lowest BCUT2D eigenvalue weighted by atomic mass is 10.1. The van der Waals surface area contributed by atoms with E-state index in [-0.39, 0.29) is 37.8 Å². The second kappa shape index (κ2) is 8.80. The molecular weight excluding hydrogens is 271 g/mol. The quantitative estimate of drug-likeness (QED) is 0.571. The lowest BCUT2D eigenvalue weighted by Gasteiger charge is -2.12. The van der Waals surface area contributed by atoms with Gasteiger partial charge in [0.05, 0.1) is 12.9 Å². The van der Waals surface area contributed by atoms with Crippen LogP contribution in [0.25, 0.3) is 0 Å². The Kier molecular flexibility index (Phi) is 9.35. The molecule has 5 N–H and O–H groups in total. The van der Waals surface area contributed by atoms with Crippen molar-refractivity contribution in [3.8, 4) is 0 Å². The normalized spacial score (nSPS) is 10.6. The lowest BCUT2D eigenvalue weighted by Crippen LogP contribution is -2.44. The molecule has 1 heterocycles. The second-order valence-electron chi connectivity index (χ2n) is 2.94. The van der Waals surface area contributed by atoms with Gasteiger partial charge in [0, 0.05) is 18.3 Å². The van der Waals surface area contributed by atoms with Gasteiger partial charge in [-0.1, -0.05) is 0 Å². The first-order valence-electron chi connectivity index (χ1n) is 4.33. The summed E-state index contributed by atoms with van der Waals surface area (Å²) < 4.78 is 0. The molecule has 98 valence electrons. The van der Waals surface area contributed by atoms with Crippen molar-refractivity contribution in [3.63, 3.8) is 0 Å². The number of H-pyrrole nitrogens is 1. The Hall–Kier alpha value is -1.31. The number of carbonyl (C=O) groups excluding carboxylic acids is 1. The molecule has 7 nitrogen and oxygen atoms in total. The predicted molar refractivity (Wildman–Crippen MR) is 65.4 cm³/mol. The number of carbonyl (C=O) groups is 2. The number of nitrogens with two attached hydrogens (primary N) is 1. The molecule has 0 aliphatic carbocycles. The van der Waals surface area contributed by atoms with Crippen LogP contribution in [-0.2, 0) is 16.0 Å². The number of aliphatic carboxylic acids is 1. The summed E-state index contributed by atoms with van der Waals surface area (Å²) in [5, 5.41) is 11.1. The molecule has 1 rings (SSSR count). The van der Waals surface area contributed by atoms with Crippen LogP contribution < -0.4 is 11.1 Å². The molecule has 0 aliphatic rings. The largest absolute Gasteiger partial charge is 0.480 e. The number of halogens is 2. The number of nitrogens with one attached hydrogen (secondary N) is 2. The molecule has 0 fully saturated rings. The summed E-state index contributed by atoms with van der Waals surface area (Å²) in [6.07, 6.45) is 3.10. The predicted octanol–water partition coefficient (Wildman–Crippen LogP) is -0.676. The zero-order chi connectivity index (χ0) is 11.3. The van der Waals surface area contributed by atoms with Gasteiger partial charge in [-0.25, -0.2) is 9.78 Å². The van der Waals surface area contributed by atoms with Crippen LogP contribution in [-0.4, -0.2) is 39.5 Å². The number of aromatic amines is 1. The first kappa shape index (κ1) is 18.1. The maximum Gasteiger partial charge on any atom is 0.326 e. The van der Waals surface area contributed by atoms with Gasteiger partial charge in [-0.15, -0.1) is 24.8 Å². The molecule has 9 heteroatoms. The number of aromatic nitrogens is 2. The Balaban J connectivity index is 0. The van der Waals surface area contributed by atoms with Crippen LogP contribution in [0.15, 0.2) is 12.5 Å². The first-order chi connectivity index (χ1) is 7.13. The van der Waals surface area contributed by atoms with E-state index in [1.807, 2.05) is 0 Å². The van der Waals surface area contributed by atoms with Crippen LogP contribution in [0.5, 0.6) is 0 Å². The molecule has 0 saturated heterocycles. The number of hydrogen-bond acceptors (Lipinski definition) is 4. The Bertz CT molecular complexity index is 345. The molecule has 0 unspecified atom stereocenters. The van der Waals surface area contributed by atoms with Gasteiger partial charge in [-0.05, 0) is 0 Å². The Morgan fingerprint density at radius 2 is 2.18 bits per heavy atom. The van der Waals surface area contributed by atoms with E-state index in [1.165, 1.54) is 12.5 Å². The number of hydrogen-bond donors (Lipinski definition) is 4. The van der Waals surface area contributed by atoms with E-state index in [2.05, 4.69) is 15.3 Å². The minimum atomic E-state index is -1.11. The third kappa shape index (κ3) is 6.10. The third-order valence-corrected chi connectivity index (χ3v) is 1.80. The molecule has 0 saturated carbocycles. The van der Waals surface area contributed by atoms with Gasteiger partial charge in [-0.3, -0.25) is 4.79 Å². The van der Waals surface area contributed by atoms with Crippen LogP contribution in [0.4, 0.5) is 0 Å². The zero-order valence-electron chi connectivity index (χ0n) is 8.75. The smallest absolute Gasteiger partial charge is 0.326 e. The molecule has 0 radical (unpaired) electrons. The van der Waals surface area contributed by atoms with Crippen molar-refractivity contribution in [2.45, 2.75) is 12.5 Å². The van der Waals surface area contributed by atoms with Crippen molar-refractivity contribution in [2.24, 2.45) is 5.73 Å². The van der Waals surface area contributed by atoms with Crippen molar-refractivity contribution in [1.82, 2.24) is 15.3 Å². The maximum absolute atomic E-state index is 10.9. The van der Waals surface area contributed by atoms with Gasteiger partial charge >= 0.3 is 5.97 Å². The highest BCUT2D eigenvalue weighted by atomic mass is 35.5. The van der Waals surface area contributed by atoms with E-state index in [1.54, 1.807) is 0 Å². The lowest BCUT2D eigenvalue weighted by molar-refractivity contribution is -0.141.